The number of carbonyl (C=O) groups excluding carboxylic acids is 1. The van der Waals surface area contributed by atoms with E-state index in [0.717, 1.165) is 28.1 Å². The van der Waals surface area contributed by atoms with Gasteiger partial charge >= 0.3 is 0 Å². The van der Waals surface area contributed by atoms with Crippen molar-refractivity contribution >= 4 is 17.5 Å². The molecule has 7 heteroatoms. The molecule has 1 aliphatic heterocycles. The van der Waals surface area contributed by atoms with E-state index in [9.17, 15) is 4.79 Å². The second-order valence-electron chi connectivity index (χ2n) is 6.62. The highest BCUT2D eigenvalue weighted by Gasteiger charge is 2.30. The molecule has 0 aliphatic carbocycles. The number of rotatable bonds is 3. The molecule has 4 rings (SSSR count). The fourth-order valence-corrected chi connectivity index (χ4v) is 3.38. The zero-order valence-corrected chi connectivity index (χ0v) is 15.4. The monoisotopic (exact) mass is 370 g/mol. The number of hydrogen-bond acceptors (Lipinski definition) is 4. The van der Waals surface area contributed by atoms with Gasteiger partial charge in [0.2, 0.25) is 5.91 Å². The van der Waals surface area contributed by atoms with Crippen molar-refractivity contribution in [1.82, 2.24) is 19.8 Å². The van der Waals surface area contributed by atoms with Crippen LogP contribution >= 0.6 is 11.6 Å². The minimum absolute atomic E-state index is 0.0435. The van der Waals surface area contributed by atoms with Gasteiger partial charge in [-0.05, 0) is 31.5 Å². The Morgan fingerprint density at radius 1 is 1.31 bits per heavy atom. The maximum absolute atomic E-state index is 12.9. The van der Waals surface area contributed by atoms with Gasteiger partial charge in [0.25, 0.3) is 0 Å². The average Bonchev–Trinajstić information content (AvgIpc) is 3.27. The van der Waals surface area contributed by atoms with Crippen LogP contribution in [0.4, 0.5) is 0 Å². The molecule has 2 aromatic heterocycles. The maximum atomic E-state index is 12.9. The molecule has 0 fully saturated rings. The molecule has 0 saturated carbocycles. The molecule has 1 aliphatic rings. The van der Waals surface area contributed by atoms with Crippen molar-refractivity contribution in [3.05, 3.63) is 58.6 Å². The van der Waals surface area contributed by atoms with E-state index in [1.807, 2.05) is 49.2 Å². The van der Waals surface area contributed by atoms with Crippen LogP contribution < -0.4 is 0 Å². The van der Waals surface area contributed by atoms with E-state index in [1.165, 1.54) is 0 Å². The van der Waals surface area contributed by atoms with Crippen molar-refractivity contribution in [3.63, 3.8) is 0 Å². The fourth-order valence-electron chi connectivity index (χ4n) is 3.25. The van der Waals surface area contributed by atoms with Crippen LogP contribution in [-0.4, -0.2) is 32.3 Å². The van der Waals surface area contributed by atoms with E-state index in [2.05, 4.69) is 10.3 Å². The number of hydrogen-bond donors (Lipinski definition) is 0. The molecule has 6 nitrogen and oxygen atoms in total. The number of amides is 1. The molecule has 0 bridgehead atoms. The molecule has 0 spiro atoms. The first kappa shape index (κ1) is 16.8. The maximum Gasteiger partial charge on any atom is 0.247 e. The van der Waals surface area contributed by atoms with Gasteiger partial charge in [0.1, 0.15) is 17.5 Å². The summed E-state index contributed by atoms with van der Waals surface area (Å²) < 4.78 is 7.22. The first-order chi connectivity index (χ1) is 12.5. The van der Waals surface area contributed by atoms with Gasteiger partial charge in [-0.3, -0.25) is 9.48 Å². The van der Waals surface area contributed by atoms with E-state index in [-0.39, 0.29) is 11.9 Å². The third kappa shape index (κ3) is 3.01. The number of aromatic nitrogens is 3. The number of nitrogens with zero attached hydrogens (tertiary/aromatic N) is 4. The predicted octanol–water partition coefficient (Wildman–Crippen LogP) is 3.65. The molecule has 0 radical (unpaired) electrons. The Hall–Kier alpha value is -2.60. The molecule has 0 unspecified atom stereocenters. The summed E-state index contributed by atoms with van der Waals surface area (Å²) in [5.74, 6) is 0.892. The van der Waals surface area contributed by atoms with Crippen LogP contribution in [0.1, 0.15) is 29.9 Å². The van der Waals surface area contributed by atoms with Crippen LogP contribution in [0.15, 0.2) is 41.2 Å². The summed E-state index contributed by atoms with van der Waals surface area (Å²) in [5.41, 5.74) is 3.71. The van der Waals surface area contributed by atoms with Crippen molar-refractivity contribution in [2.45, 2.75) is 32.9 Å². The van der Waals surface area contributed by atoms with E-state index in [1.54, 1.807) is 10.9 Å². The van der Waals surface area contributed by atoms with Gasteiger partial charge in [0.15, 0.2) is 0 Å². The second kappa shape index (κ2) is 6.61. The van der Waals surface area contributed by atoms with Crippen LogP contribution in [-0.2, 0) is 17.8 Å². The van der Waals surface area contributed by atoms with E-state index in [0.29, 0.717) is 24.5 Å². The molecule has 3 heterocycles. The standard InChI is InChI=1S/C19H19ClN4O2/c1-12-9-21-24(10-12)13(2)19(25)23-8-7-17-16(11-23)18(22-26-17)14-3-5-15(20)6-4-14/h3-6,9-10,13H,7-8,11H2,1-2H3/t13-/m0/s1. The number of benzene rings is 1. The Morgan fingerprint density at radius 3 is 2.77 bits per heavy atom. The summed E-state index contributed by atoms with van der Waals surface area (Å²) in [5, 5.41) is 9.16. The first-order valence-electron chi connectivity index (χ1n) is 8.56. The summed E-state index contributed by atoms with van der Waals surface area (Å²) in [6.07, 6.45) is 4.31. The van der Waals surface area contributed by atoms with Crippen molar-refractivity contribution in [1.29, 1.82) is 0 Å². The third-order valence-corrected chi connectivity index (χ3v) is 4.99. The minimum Gasteiger partial charge on any atom is -0.360 e. The van der Waals surface area contributed by atoms with Crippen LogP contribution in [0.2, 0.25) is 5.02 Å². The number of aryl methyl sites for hydroxylation is 1. The second-order valence-corrected chi connectivity index (χ2v) is 7.06. The summed E-state index contributed by atoms with van der Waals surface area (Å²) in [7, 11) is 0. The lowest BCUT2D eigenvalue weighted by Crippen LogP contribution is -2.39. The molecule has 0 N–H and O–H groups in total. The van der Waals surface area contributed by atoms with E-state index in [4.69, 9.17) is 16.1 Å². The van der Waals surface area contributed by atoms with Crippen molar-refractivity contribution in [2.75, 3.05) is 6.54 Å². The molecule has 0 saturated heterocycles. The lowest BCUT2D eigenvalue weighted by Gasteiger charge is -2.28. The highest BCUT2D eigenvalue weighted by molar-refractivity contribution is 6.30. The van der Waals surface area contributed by atoms with Crippen molar-refractivity contribution < 1.29 is 9.32 Å². The topological polar surface area (TPSA) is 64.2 Å². The van der Waals surface area contributed by atoms with E-state index >= 15 is 0 Å². The van der Waals surface area contributed by atoms with Crippen LogP contribution in [0, 0.1) is 6.92 Å². The summed E-state index contributed by atoms with van der Waals surface area (Å²) in [4.78, 5) is 14.8. The third-order valence-electron chi connectivity index (χ3n) is 4.74. The van der Waals surface area contributed by atoms with Crippen molar-refractivity contribution in [2.24, 2.45) is 0 Å². The molecule has 3 aromatic rings. The lowest BCUT2D eigenvalue weighted by molar-refractivity contribution is -0.135. The van der Waals surface area contributed by atoms with Gasteiger partial charge < -0.3 is 9.42 Å². The average molecular weight is 371 g/mol. The van der Waals surface area contributed by atoms with Gasteiger partial charge in [-0.25, -0.2) is 0 Å². The SMILES string of the molecule is Cc1cnn([C@@H](C)C(=O)N2CCc3onc(-c4ccc(Cl)cc4)c3C2)c1. The lowest BCUT2D eigenvalue weighted by atomic mass is 10.0. The first-order valence-corrected chi connectivity index (χ1v) is 8.93. The minimum atomic E-state index is -0.343. The zero-order chi connectivity index (χ0) is 18.3. The molecule has 1 atom stereocenters. The highest BCUT2D eigenvalue weighted by atomic mass is 35.5. The fraction of sp³-hybridized carbons (Fsp3) is 0.316. The normalized spacial score (nSPS) is 15.0. The smallest absolute Gasteiger partial charge is 0.247 e. The molecule has 26 heavy (non-hydrogen) atoms. The summed E-state index contributed by atoms with van der Waals surface area (Å²) in [6.45, 7) is 4.94. The van der Waals surface area contributed by atoms with Crippen LogP contribution in [0.25, 0.3) is 11.3 Å². The van der Waals surface area contributed by atoms with Gasteiger partial charge in [-0.2, -0.15) is 5.10 Å². The number of fused-ring (bicyclic) bond motifs is 1. The molecular formula is C19H19ClN4O2. The number of halogens is 1. The Labute approximate surface area is 156 Å². The molecule has 1 aromatic carbocycles. The van der Waals surface area contributed by atoms with Crippen LogP contribution in [0.5, 0.6) is 0 Å². The van der Waals surface area contributed by atoms with Gasteiger partial charge in [-0.1, -0.05) is 28.9 Å². The van der Waals surface area contributed by atoms with Gasteiger partial charge in [-0.15, -0.1) is 0 Å². The van der Waals surface area contributed by atoms with Gasteiger partial charge in [0, 0.05) is 35.3 Å². The Balaban J connectivity index is 1.58. The van der Waals surface area contributed by atoms with Crippen molar-refractivity contribution in [3.8, 4) is 11.3 Å². The van der Waals surface area contributed by atoms with Crippen LogP contribution in [0.3, 0.4) is 0 Å². The zero-order valence-electron chi connectivity index (χ0n) is 14.6. The number of carbonyl (C=O) groups is 1. The Bertz CT molecular complexity index is 945. The Morgan fingerprint density at radius 2 is 2.08 bits per heavy atom. The highest BCUT2D eigenvalue weighted by Crippen LogP contribution is 2.31. The molecular weight excluding hydrogens is 352 g/mol. The summed E-state index contributed by atoms with van der Waals surface area (Å²) in [6, 6.07) is 7.13. The quantitative estimate of drug-likeness (QED) is 0.706. The van der Waals surface area contributed by atoms with Gasteiger partial charge in [0.05, 0.1) is 12.7 Å². The molecule has 134 valence electrons. The molecule has 1 amide bonds. The largest absolute Gasteiger partial charge is 0.360 e. The Kier molecular flexibility index (Phi) is 4.28. The van der Waals surface area contributed by atoms with E-state index < -0.39 is 0 Å². The summed E-state index contributed by atoms with van der Waals surface area (Å²) >= 11 is 5.97. The predicted molar refractivity (Wildman–Crippen MR) is 97.7 cm³/mol.